The van der Waals surface area contributed by atoms with Crippen LogP contribution in [0.1, 0.15) is 26.7 Å². The summed E-state index contributed by atoms with van der Waals surface area (Å²) in [6.45, 7) is 7.63. The van der Waals surface area contributed by atoms with Gasteiger partial charge < -0.3 is 14.9 Å². The molecule has 0 saturated heterocycles. The summed E-state index contributed by atoms with van der Waals surface area (Å²) in [4.78, 5) is 0. The Morgan fingerprint density at radius 2 is 2.23 bits per heavy atom. The fraction of sp³-hybridized carbons (Fsp3) is 0.800. The highest BCUT2D eigenvalue weighted by Gasteiger charge is 2.29. The second-order valence-electron chi connectivity index (χ2n) is 3.42. The Bertz CT molecular complexity index is 145. The van der Waals surface area contributed by atoms with Gasteiger partial charge in [0.2, 0.25) is 0 Å². The van der Waals surface area contributed by atoms with Crippen LogP contribution in [0, 0.1) is 0 Å². The highest BCUT2D eigenvalue weighted by Crippen LogP contribution is 2.21. The summed E-state index contributed by atoms with van der Waals surface area (Å²) < 4.78 is 5.46. The number of aliphatic hydroxyl groups is 2. The first kappa shape index (κ1) is 12.6. The number of rotatable bonds is 7. The zero-order valence-electron chi connectivity index (χ0n) is 8.49. The van der Waals surface area contributed by atoms with E-state index in [2.05, 4.69) is 6.58 Å². The standard InChI is InChI=1S/C10H20O3/c1-4-8-13-10(3,9(2)12)6-5-7-11/h4,9,11-12H,1,5-8H2,2-3H3. The molecule has 0 spiro atoms. The van der Waals surface area contributed by atoms with Crippen LogP contribution in [0.5, 0.6) is 0 Å². The first-order valence-corrected chi connectivity index (χ1v) is 4.60. The van der Waals surface area contributed by atoms with Crippen LogP contribution >= 0.6 is 0 Å². The lowest BCUT2D eigenvalue weighted by Crippen LogP contribution is -2.40. The largest absolute Gasteiger partial charge is 0.396 e. The van der Waals surface area contributed by atoms with Gasteiger partial charge in [-0.2, -0.15) is 0 Å². The fourth-order valence-electron chi connectivity index (χ4n) is 1.08. The summed E-state index contributed by atoms with van der Waals surface area (Å²) in [5, 5.41) is 18.2. The molecule has 0 aromatic rings. The van der Waals surface area contributed by atoms with Crippen LogP contribution in [0.2, 0.25) is 0 Å². The van der Waals surface area contributed by atoms with Gasteiger partial charge in [-0.15, -0.1) is 6.58 Å². The molecule has 0 radical (unpaired) electrons. The second-order valence-corrected chi connectivity index (χ2v) is 3.42. The topological polar surface area (TPSA) is 49.7 Å². The average Bonchev–Trinajstić information content (AvgIpc) is 2.11. The molecule has 0 amide bonds. The molecule has 0 aliphatic heterocycles. The molecule has 0 fully saturated rings. The average molecular weight is 188 g/mol. The third-order valence-electron chi connectivity index (χ3n) is 2.25. The van der Waals surface area contributed by atoms with E-state index in [1.165, 1.54) is 0 Å². The monoisotopic (exact) mass is 188 g/mol. The minimum absolute atomic E-state index is 0.125. The van der Waals surface area contributed by atoms with Gasteiger partial charge in [0, 0.05) is 6.61 Å². The first-order valence-electron chi connectivity index (χ1n) is 4.60. The van der Waals surface area contributed by atoms with Crippen molar-refractivity contribution in [3.05, 3.63) is 12.7 Å². The number of hydrogen-bond acceptors (Lipinski definition) is 3. The Morgan fingerprint density at radius 3 is 2.62 bits per heavy atom. The molecule has 2 N–H and O–H groups in total. The molecule has 3 heteroatoms. The minimum Gasteiger partial charge on any atom is -0.396 e. The second kappa shape index (κ2) is 6.13. The van der Waals surface area contributed by atoms with E-state index in [0.717, 1.165) is 0 Å². The maximum Gasteiger partial charge on any atom is 0.0914 e. The molecule has 0 aromatic heterocycles. The van der Waals surface area contributed by atoms with Crippen LogP contribution in [0.4, 0.5) is 0 Å². The third kappa shape index (κ3) is 4.41. The Labute approximate surface area is 80.0 Å². The van der Waals surface area contributed by atoms with E-state index in [-0.39, 0.29) is 6.61 Å². The maximum atomic E-state index is 9.48. The zero-order valence-corrected chi connectivity index (χ0v) is 8.49. The summed E-state index contributed by atoms with van der Waals surface area (Å²) in [6.07, 6.45) is 2.40. The van der Waals surface area contributed by atoms with Crippen LogP contribution < -0.4 is 0 Å². The number of hydrogen-bond donors (Lipinski definition) is 2. The molecule has 0 heterocycles. The molecule has 2 atom stereocenters. The van der Waals surface area contributed by atoms with Gasteiger partial charge >= 0.3 is 0 Å². The molecular formula is C10H20O3. The molecule has 0 saturated carbocycles. The Morgan fingerprint density at radius 1 is 1.62 bits per heavy atom. The summed E-state index contributed by atoms with van der Waals surface area (Å²) in [6, 6.07) is 0. The Balaban J connectivity index is 4.07. The van der Waals surface area contributed by atoms with Gasteiger partial charge in [0.05, 0.1) is 18.3 Å². The van der Waals surface area contributed by atoms with E-state index in [0.29, 0.717) is 19.4 Å². The van der Waals surface area contributed by atoms with Crippen LogP contribution in [0.3, 0.4) is 0 Å². The molecule has 0 aliphatic rings. The fourth-order valence-corrected chi connectivity index (χ4v) is 1.08. The highest BCUT2D eigenvalue weighted by molar-refractivity contribution is 4.82. The summed E-state index contributed by atoms with van der Waals surface area (Å²) >= 11 is 0. The van der Waals surface area contributed by atoms with Gasteiger partial charge in [-0.25, -0.2) is 0 Å². The van der Waals surface area contributed by atoms with E-state index in [1.807, 2.05) is 6.92 Å². The molecule has 2 unspecified atom stereocenters. The molecule has 3 nitrogen and oxygen atoms in total. The van der Waals surface area contributed by atoms with E-state index >= 15 is 0 Å². The van der Waals surface area contributed by atoms with Gasteiger partial charge in [0.1, 0.15) is 0 Å². The van der Waals surface area contributed by atoms with Crippen LogP contribution in [0.25, 0.3) is 0 Å². The van der Waals surface area contributed by atoms with Crippen molar-refractivity contribution in [1.82, 2.24) is 0 Å². The highest BCUT2D eigenvalue weighted by atomic mass is 16.5. The predicted molar refractivity (Wildman–Crippen MR) is 52.6 cm³/mol. The lowest BCUT2D eigenvalue weighted by atomic mass is 9.94. The Kier molecular flexibility index (Phi) is 5.95. The van der Waals surface area contributed by atoms with Crippen molar-refractivity contribution in [2.45, 2.75) is 38.4 Å². The van der Waals surface area contributed by atoms with Gasteiger partial charge in [-0.3, -0.25) is 0 Å². The van der Waals surface area contributed by atoms with Crippen molar-refractivity contribution in [2.75, 3.05) is 13.2 Å². The van der Waals surface area contributed by atoms with E-state index < -0.39 is 11.7 Å². The van der Waals surface area contributed by atoms with E-state index in [1.54, 1.807) is 13.0 Å². The van der Waals surface area contributed by atoms with Gasteiger partial charge in [0.25, 0.3) is 0 Å². The molecule has 13 heavy (non-hydrogen) atoms. The molecule has 0 aliphatic carbocycles. The van der Waals surface area contributed by atoms with E-state index in [4.69, 9.17) is 9.84 Å². The first-order chi connectivity index (χ1) is 6.06. The van der Waals surface area contributed by atoms with Crippen LogP contribution in [-0.2, 0) is 4.74 Å². The number of ether oxygens (including phenoxy) is 1. The molecular weight excluding hydrogens is 168 g/mol. The van der Waals surface area contributed by atoms with Crippen molar-refractivity contribution in [2.24, 2.45) is 0 Å². The van der Waals surface area contributed by atoms with Gasteiger partial charge in [-0.05, 0) is 26.7 Å². The number of aliphatic hydroxyl groups excluding tert-OH is 2. The third-order valence-corrected chi connectivity index (χ3v) is 2.25. The minimum atomic E-state index is -0.572. The Hall–Kier alpha value is -0.380. The van der Waals surface area contributed by atoms with Crippen LogP contribution in [-0.4, -0.2) is 35.1 Å². The van der Waals surface area contributed by atoms with Gasteiger partial charge in [-0.1, -0.05) is 6.08 Å². The maximum absolute atomic E-state index is 9.48. The lowest BCUT2D eigenvalue weighted by molar-refractivity contribution is -0.103. The predicted octanol–water partition coefficient (Wildman–Crippen LogP) is 1.10. The summed E-state index contributed by atoms with van der Waals surface area (Å²) in [5.41, 5.74) is -0.572. The van der Waals surface area contributed by atoms with Crippen molar-refractivity contribution in [1.29, 1.82) is 0 Å². The van der Waals surface area contributed by atoms with Gasteiger partial charge in [0.15, 0.2) is 0 Å². The molecule has 0 aromatic carbocycles. The zero-order chi connectivity index (χ0) is 10.3. The summed E-state index contributed by atoms with van der Waals surface area (Å²) in [7, 11) is 0. The normalized spacial score (nSPS) is 17.8. The van der Waals surface area contributed by atoms with Crippen LogP contribution in [0.15, 0.2) is 12.7 Å². The smallest absolute Gasteiger partial charge is 0.0914 e. The van der Waals surface area contributed by atoms with Crippen molar-refractivity contribution in [3.63, 3.8) is 0 Å². The lowest BCUT2D eigenvalue weighted by Gasteiger charge is -2.32. The quantitative estimate of drug-likeness (QED) is 0.588. The van der Waals surface area contributed by atoms with E-state index in [9.17, 15) is 5.11 Å². The molecule has 0 bridgehead atoms. The summed E-state index contributed by atoms with van der Waals surface area (Å²) in [5.74, 6) is 0. The molecule has 78 valence electrons. The van der Waals surface area contributed by atoms with Crippen molar-refractivity contribution >= 4 is 0 Å². The molecule has 0 rings (SSSR count). The van der Waals surface area contributed by atoms with Crippen molar-refractivity contribution < 1.29 is 14.9 Å². The SMILES string of the molecule is C=CCOC(C)(CCCO)C(C)O. The van der Waals surface area contributed by atoms with Crippen molar-refractivity contribution in [3.8, 4) is 0 Å².